The van der Waals surface area contributed by atoms with Gasteiger partial charge >= 0.3 is 5.97 Å². The van der Waals surface area contributed by atoms with Crippen LogP contribution in [0.15, 0.2) is 29.1 Å². The van der Waals surface area contributed by atoms with Gasteiger partial charge in [-0.2, -0.15) is 0 Å². The van der Waals surface area contributed by atoms with Crippen LogP contribution in [0.3, 0.4) is 0 Å². The van der Waals surface area contributed by atoms with Crippen LogP contribution in [-0.4, -0.2) is 27.0 Å². The summed E-state index contributed by atoms with van der Waals surface area (Å²) >= 11 is 5.64. The summed E-state index contributed by atoms with van der Waals surface area (Å²) in [6.07, 6.45) is 2.21. The van der Waals surface area contributed by atoms with Gasteiger partial charge in [0.25, 0.3) is 0 Å². The van der Waals surface area contributed by atoms with Crippen molar-refractivity contribution in [1.29, 1.82) is 0 Å². The highest BCUT2D eigenvalue weighted by molar-refractivity contribution is 6.29. The maximum Gasteiger partial charge on any atom is 0.339 e. The molecule has 8 heteroatoms. The molecule has 0 saturated carbocycles. The molecule has 2 rings (SSSR count). The lowest BCUT2D eigenvalue weighted by molar-refractivity contribution is -0.115. The third-order valence-corrected chi connectivity index (χ3v) is 2.40. The minimum atomic E-state index is -1.15. The SMILES string of the molecule is O=C(Cc1occc1C(=O)O)Nc1cc(Cl)ncn1. The van der Waals surface area contributed by atoms with Gasteiger partial charge in [0.15, 0.2) is 0 Å². The normalized spacial score (nSPS) is 10.2. The molecule has 0 saturated heterocycles. The summed E-state index contributed by atoms with van der Waals surface area (Å²) in [4.78, 5) is 30.0. The number of carbonyl (C=O) groups is 2. The number of anilines is 1. The monoisotopic (exact) mass is 281 g/mol. The summed E-state index contributed by atoms with van der Waals surface area (Å²) in [7, 11) is 0. The van der Waals surface area contributed by atoms with Crippen molar-refractivity contribution in [3.8, 4) is 0 Å². The molecular weight excluding hydrogens is 274 g/mol. The van der Waals surface area contributed by atoms with Gasteiger partial charge < -0.3 is 14.8 Å². The molecule has 0 radical (unpaired) electrons. The molecule has 0 bridgehead atoms. The molecule has 19 heavy (non-hydrogen) atoms. The lowest BCUT2D eigenvalue weighted by atomic mass is 10.2. The summed E-state index contributed by atoms with van der Waals surface area (Å²) in [6.45, 7) is 0. The van der Waals surface area contributed by atoms with E-state index in [0.29, 0.717) is 0 Å². The Morgan fingerprint density at radius 1 is 1.42 bits per heavy atom. The average molecular weight is 282 g/mol. The molecule has 2 N–H and O–H groups in total. The fourth-order valence-corrected chi connectivity index (χ4v) is 1.55. The van der Waals surface area contributed by atoms with Crippen LogP contribution >= 0.6 is 11.6 Å². The van der Waals surface area contributed by atoms with Gasteiger partial charge in [0, 0.05) is 6.07 Å². The van der Waals surface area contributed by atoms with E-state index in [9.17, 15) is 9.59 Å². The molecule has 0 aliphatic carbocycles. The topological polar surface area (TPSA) is 105 Å². The second-order valence-corrected chi connectivity index (χ2v) is 3.90. The van der Waals surface area contributed by atoms with Crippen molar-refractivity contribution in [3.05, 3.63) is 41.2 Å². The number of carboxylic acid groups (broad SMARTS) is 1. The van der Waals surface area contributed by atoms with Crippen molar-refractivity contribution >= 4 is 29.3 Å². The van der Waals surface area contributed by atoms with E-state index < -0.39 is 11.9 Å². The van der Waals surface area contributed by atoms with Gasteiger partial charge in [0.2, 0.25) is 5.91 Å². The van der Waals surface area contributed by atoms with E-state index in [4.69, 9.17) is 21.1 Å². The molecule has 0 unspecified atom stereocenters. The summed E-state index contributed by atoms with van der Waals surface area (Å²) in [6, 6.07) is 2.66. The van der Waals surface area contributed by atoms with Gasteiger partial charge in [0.1, 0.15) is 28.6 Å². The fraction of sp³-hybridized carbons (Fsp3) is 0.0909. The van der Waals surface area contributed by atoms with Gasteiger partial charge in [-0.15, -0.1) is 0 Å². The minimum absolute atomic E-state index is 0.0455. The Labute approximate surface area is 112 Å². The first-order valence-corrected chi connectivity index (χ1v) is 5.51. The molecule has 1 amide bonds. The quantitative estimate of drug-likeness (QED) is 0.825. The molecule has 0 aliphatic heterocycles. The number of rotatable bonds is 4. The molecule has 0 spiro atoms. The number of amides is 1. The van der Waals surface area contributed by atoms with Crippen LogP contribution in [0.1, 0.15) is 16.1 Å². The van der Waals surface area contributed by atoms with E-state index in [1.54, 1.807) is 0 Å². The van der Waals surface area contributed by atoms with E-state index in [2.05, 4.69) is 15.3 Å². The van der Waals surface area contributed by atoms with Crippen LogP contribution in [0.5, 0.6) is 0 Å². The molecule has 7 nitrogen and oxygen atoms in total. The van der Waals surface area contributed by atoms with Gasteiger partial charge in [0.05, 0.1) is 12.7 Å². The minimum Gasteiger partial charge on any atom is -0.478 e. The zero-order valence-corrected chi connectivity index (χ0v) is 10.2. The number of halogens is 1. The second-order valence-electron chi connectivity index (χ2n) is 3.51. The number of hydrogen-bond acceptors (Lipinski definition) is 5. The first-order chi connectivity index (χ1) is 9.06. The zero-order chi connectivity index (χ0) is 13.8. The summed E-state index contributed by atoms with van der Waals surface area (Å²) in [5, 5.41) is 11.5. The number of carboxylic acids is 1. The number of aromatic nitrogens is 2. The number of nitrogens with zero attached hydrogens (tertiary/aromatic N) is 2. The van der Waals surface area contributed by atoms with Crippen molar-refractivity contribution in [2.45, 2.75) is 6.42 Å². The Bertz CT molecular complexity index is 626. The highest BCUT2D eigenvalue weighted by atomic mass is 35.5. The Kier molecular flexibility index (Phi) is 3.76. The van der Waals surface area contributed by atoms with Crippen molar-refractivity contribution in [1.82, 2.24) is 9.97 Å². The number of carbonyl (C=O) groups excluding carboxylic acids is 1. The van der Waals surface area contributed by atoms with E-state index >= 15 is 0 Å². The predicted molar refractivity (Wildman–Crippen MR) is 65.0 cm³/mol. The number of nitrogens with one attached hydrogen (secondary N) is 1. The molecular formula is C11H8ClN3O4. The number of hydrogen-bond donors (Lipinski definition) is 2. The third-order valence-electron chi connectivity index (χ3n) is 2.20. The highest BCUT2D eigenvalue weighted by Crippen LogP contribution is 2.13. The Balaban J connectivity index is 2.05. The fourth-order valence-electron chi connectivity index (χ4n) is 1.40. The lowest BCUT2D eigenvalue weighted by Gasteiger charge is -2.03. The maximum absolute atomic E-state index is 11.7. The molecule has 98 valence electrons. The Hall–Kier alpha value is -2.41. The van der Waals surface area contributed by atoms with Crippen LogP contribution in [-0.2, 0) is 11.2 Å². The molecule has 0 fully saturated rings. The lowest BCUT2D eigenvalue weighted by Crippen LogP contribution is -2.16. The first-order valence-electron chi connectivity index (χ1n) is 5.13. The van der Waals surface area contributed by atoms with Gasteiger partial charge in [-0.3, -0.25) is 4.79 Å². The van der Waals surface area contributed by atoms with Crippen LogP contribution in [0.4, 0.5) is 5.82 Å². The summed E-state index contributed by atoms with van der Waals surface area (Å²) in [5.41, 5.74) is -0.0455. The highest BCUT2D eigenvalue weighted by Gasteiger charge is 2.16. The zero-order valence-electron chi connectivity index (χ0n) is 9.46. The largest absolute Gasteiger partial charge is 0.478 e. The molecule has 2 heterocycles. The van der Waals surface area contributed by atoms with Crippen LogP contribution in [0.25, 0.3) is 0 Å². The number of furan rings is 1. The average Bonchev–Trinajstić information content (AvgIpc) is 2.76. The smallest absolute Gasteiger partial charge is 0.339 e. The standard InChI is InChI=1S/C11H8ClN3O4/c12-8-4-9(14-5-13-8)15-10(16)3-7-6(11(17)18)1-2-19-7/h1-2,4-5H,3H2,(H,17,18)(H,13,14,15,16). The molecule has 2 aromatic heterocycles. The van der Waals surface area contributed by atoms with E-state index in [1.165, 1.54) is 24.7 Å². The van der Waals surface area contributed by atoms with Crippen LogP contribution < -0.4 is 5.32 Å². The first kappa shape index (κ1) is 13.0. The maximum atomic E-state index is 11.7. The van der Waals surface area contributed by atoms with Crippen LogP contribution in [0, 0.1) is 0 Å². The number of aromatic carboxylic acids is 1. The predicted octanol–water partition coefficient (Wildman–Crippen LogP) is 1.60. The summed E-state index contributed by atoms with van der Waals surface area (Å²) < 4.78 is 4.96. The summed E-state index contributed by atoms with van der Waals surface area (Å²) in [5.74, 6) is -1.31. The van der Waals surface area contributed by atoms with Crippen molar-refractivity contribution in [2.75, 3.05) is 5.32 Å². The molecule has 0 atom stereocenters. The Morgan fingerprint density at radius 2 is 2.21 bits per heavy atom. The third kappa shape index (κ3) is 3.29. The second kappa shape index (κ2) is 5.49. The molecule has 0 aliphatic rings. The van der Waals surface area contributed by atoms with E-state index in [-0.39, 0.29) is 28.7 Å². The van der Waals surface area contributed by atoms with Gasteiger partial charge in [-0.05, 0) is 6.07 Å². The van der Waals surface area contributed by atoms with Crippen molar-refractivity contribution < 1.29 is 19.1 Å². The van der Waals surface area contributed by atoms with Crippen LogP contribution in [0.2, 0.25) is 5.15 Å². The van der Waals surface area contributed by atoms with E-state index in [0.717, 1.165) is 0 Å². The Morgan fingerprint density at radius 3 is 2.89 bits per heavy atom. The molecule has 0 aromatic carbocycles. The van der Waals surface area contributed by atoms with Gasteiger partial charge in [-0.1, -0.05) is 11.6 Å². The van der Waals surface area contributed by atoms with Crippen molar-refractivity contribution in [2.24, 2.45) is 0 Å². The van der Waals surface area contributed by atoms with E-state index in [1.807, 2.05) is 0 Å². The van der Waals surface area contributed by atoms with Gasteiger partial charge in [-0.25, -0.2) is 14.8 Å². The van der Waals surface area contributed by atoms with Crippen molar-refractivity contribution in [3.63, 3.8) is 0 Å². The molecule has 2 aromatic rings.